The zero-order valence-electron chi connectivity index (χ0n) is 12.7. The predicted octanol–water partition coefficient (Wildman–Crippen LogP) is 0.752. The van der Waals surface area contributed by atoms with E-state index < -0.39 is 0 Å². The van der Waals surface area contributed by atoms with Gasteiger partial charge in [0.15, 0.2) is 11.5 Å². The smallest absolute Gasteiger partial charge is 0.204 e. The first-order valence-electron chi connectivity index (χ1n) is 6.69. The molecule has 21 heavy (non-hydrogen) atoms. The van der Waals surface area contributed by atoms with Crippen molar-refractivity contribution in [3.8, 4) is 11.5 Å². The Hall–Kier alpha value is -2.44. The van der Waals surface area contributed by atoms with Crippen LogP contribution in [-0.4, -0.2) is 59.2 Å². The van der Waals surface area contributed by atoms with Crippen LogP contribution < -0.4 is 5.32 Å². The van der Waals surface area contributed by atoms with Crippen LogP contribution in [0.15, 0.2) is 28.2 Å². The summed E-state index contributed by atoms with van der Waals surface area (Å²) in [4.78, 5) is 12.8. The Labute approximate surface area is 124 Å². The summed E-state index contributed by atoms with van der Waals surface area (Å²) < 4.78 is 0. The highest BCUT2D eigenvalue weighted by molar-refractivity contribution is 6.00. The van der Waals surface area contributed by atoms with Gasteiger partial charge in [-0.25, -0.2) is 9.98 Å². The molecule has 0 aromatic heterocycles. The molecule has 0 amide bonds. The lowest BCUT2D eigenvalue weighted by Gasteiger charge is -2.33. The van der Waals surface area contributed by atoms with Crippen LogP contribution in [0.2, 0.25) is 0 Å². The molecule has 0 spiro atoms. The van der Waals surface area contributed by atoms with Crippen LogP contribution in [0, 0.1) is 0 Å². The van der Waals surface area contributed by atoms with Gasteiger partial charge in [0.1, 0.15) is 6.17 Å². The van der Waals surface area contributed by atoms with Crippen molar-refractivity contribution in [2.24, 2.45) is 9.98 Å². The summed E-state index contributed by atoms with van der Waals surface area (Å²) in [5, 5.41) is 22.0. The average Bonchev–Trinajstić information content (AvgIpc) is 2.42. The molecule has 1 aromatic carbocycles. The second-order valence-electron chi connectivity index (χ2n) is 5.17. The van der Waals surface area contributed by atoms with Crippen LogP contribution in [0.3, 0.4) is 0 Å². The molecule has 1 aromatic rings. The molecule has 7 heteroatoms. The van der Waals surface area contributed by atoms with Gasteiger partial charge in [0, 0.05) is 21.1 Å². The number of rotatable bonds is 2. The third kappa shape index (κ3) is 3.36. The number of phenolic OH excluding ortho intramolecular Hbond substituents is 2. The van der Waals surface area contributed by atoms with Gasteiger partial charge in [0.2, 0.25) is 11.9 Å². The molecule has 0 aliphatic carbocycles. The third-order valence-corrected chi connectivity index (χ3v) is 3.12. The van der Waals surface area contributed by atoms with Crippen LogP contribution in [0.4, 0.5) is 0 Å². The number of phenols is 2. The van der Waals surface area contributed by atoms with Gasteiger partial charge in [0.25, 0.3) is 0 Å². The summed E-state index contributed by atoms with van der Waals surface area (Å²) in [6, 6.07) is 4.69. The summed E-state index contributed by atoms with van der Waals surface area (Å²) in [5.41, 5.74) is 0.814. The van der Waals surface area contributed by atoms with Crippen molar-refractivity contribution in [2.45, 2.75) is 19.6 Å². The van der Waals surface area contributed by atoms with Gasteiger partial charge < -0.3 is 20.4 Å². The van der Waals surface area contributed by atoms with Gasteiger partial charge >= 0.3 is 0 Å². The Morgan fingerprint density at radius 3 is 2.67 bits per heavy atom. The van der Waals surface area contributed by atoms with E-state index in [-0.39, 0.29) is 17.7 Å². The van der Waals surface area contributed by atoms with Crippen molar-refractivity contribution in [1.29, 1.82) is 0 Å². The monoisotopic (exact) mass is 291 g/mol. The van der Waals surface area contributed by atoms with Gasteiger partial charge in [-0.05, 0) is 24.6 Å². The molecule has 1 aliphatic rings. The van der Waals surface area contributed by atoms with Crippen LogP contribution in [0.25, 0.3) is 0 Å². The average molecular weight is 291 g/mol. The molecule has 1 unspecified atom stereocenters. The fraction of sp³-hybridized carbons (Fsp3) is 0.429. The Kier molecular flexibility index (Phi) is 4.21. The maximum absolute atomic E-state index is 9.50. The molecule has 0 radical (unpaired) electrons. The lowest BCUT2D eigenvalue weighted by atomic mass is 10.2. The zero-order valence-corrected chi connectivity index (χ0v) is 12.7. The molecule has 7 nitrogen and oxygen atoms in total. The van der Waals surface area contributed by atoms with Crippen molar-refractivity contribution in [3.05, 3.63) is 23.8 Å². The van der Waals surface area contributed by atoms with E-state index in [4.69, 9.17) is 0 Å². The lowest BCUT2D eigenvalue weighted by Crippen LogP contribution is -2.54. The van der Waals surface area contributed by atoms with Crippen LogP contribution in [0.1, 0.15) is 12.5 Å². The Morgan fingerprint density at radius 2 is 2.05 bits per heavy atom. The summed E-state index contributed by atoms with van der Waals surface area (Å²) >= 11 is 0. The van der Waals surface area contributed by atoms with Crippen LogP contribution in [-0.2, 0) is 6.54 Å². The minimum Gasteiger partial charge on any atom is -0.504 e. The number of aliphatic imine (C=N–C) groups is 2. The number of nitrogens with one attached hydrogen (secondary N) is 1. The molecule has 3 N–H and O–H groups in total. The fourth-order valence-electron chi connectivity index (χ4n) is 2.07. The summed E-state index contributed by atoms with van der Waals surface area (Å²) in [6.07, 6.45) is -0.0504. The SMILES string of the molecule is CC1N=C(N(C)C)N(C)C(=NCc2ccc(O)c(O)c2)N1. The van der Waals surface area contributed by atoms with Gasteiger partial charge in [-0.1, -0.05) is 6.07 Å². The Bertz CT molecular complexity index is 583. The van der Waals surface area contributed by atoms with Gasteiger partial charge in [-0.3, -0.25) is 4.90 Å². The van der Waals surface area contributed by atoms with Gasteiger partial charge in [-0.15, -0.1) is 0 Å². The molecule has 114 valence electrons. The maximum atomic E-state index is 9.50. The van der Waals surface area contributed by atoms with E-state index in [9.17, 15) is 10.2 Å². The Morgan fingerprint density at radius 1 is 1.33 bits per heavy atom. The minimum absolute atomic E-state index is 0.0504. The lowest BCUT2D eigenvalue weighted by molar-refractivity contribution is 0.403. The van der Waals surface area contributed by atoms with E-state index in [1.54, 1.807) is 6.07 Å². The fourth-order valence-corrected chi connectivity index (χ4v) is 2.07. The normalized spacial score (nSPS) is 20.2. The molecule has 0 saturated heterocycles. The van der Waals surface area contributed by atoms with E-state index in [2.05, 4.69) is 15.3 Å². The highest BCUT2D eigenvalue weighted by Crippen LogP contribution is 2.25. The predicted molar refractivity (Wildman–Crippen MR) is 82.4 cm³/mol. The number of nitrogens with zero attached hydrogens (tertiary/aromatic N) is 4. The largest absolute Gasteiger partial charge is 0.504 e. The third-order valence-electron chi connectivity index (χ3n) is 3.12. The standard InChI is InChI=1S/C14H21N5O2/c1-9-16-13(19(4)14(17-9)18(2)3)15-8-10-5-6-11(20)12(21)7-10/h5-7,9,20-21H,8H2,1-4H3,(H,15,16). The second-order valence-corrected chi connectivity index (χ2v) is 5.17. The van der Waals surface area contributed by atoms with Gasteiger partial charge in [0.05, 0.1) is 6.54 Å². The summed E-state index contributed by atoms with van der Waals surface area (Å²) in [7, 11) is 5.76. The summed E-state index contributed by atoms with van der Waals surface area (Å²) in [5.74, 6) is 1.28. The van der Waals surface area contributed by atoms with Crippen molar-refractivity contribution in [2.75, 3.05) is 21.1 Å². The molecular formula is C14H21N5O2. The van der Waals surface area contributed by atoms with Crippen LogP contribution in [0.5, 0.6) is 11.5 Å². The van der Waals surface area contributed by atoms with Crippen molar-refractivity contribution in [1.82, 2.24) is 15.1 Å². The van der Waals surface area contributed by atoms with Crippen molar-refractivity contribution < 1.29 is 10.2 Å². The van der Waals surface area contributed by atoms with Crippen molar-refractivity contribution in [3.63, 3.8) is 0 Å². The molecule has 0 saturated carbocycles. The molecule has 0 fully saturated rings. The number of aromatic hydroxyl groups is 2. The first kappa shape index (κ1) is 15.0. The number of hydrogen-bond acceptors (Lipinski definition) is 5. The quantitative estimate of drug-likeness (QED) is 0.700. The van der Waals surface area contributed by atoms with E-state index in [0.29, 0.717) is 12.5 Å². The second kappa shape index (κ2) is 5.90. The topological polar surface area (TPSA) is 83.7 Å². The van der Waals surface area contributed by atoms with Crippen LogP contribution >= 0.6 is 0 Å². The van der Waals surface area contributed by atoms with E-state index in [1.807, 2.05) is 37.9 Å². The molecule has 1 aliphatic heterocycles. The molecule has 0 bridgehead atoms. The van der Waals surface area contributed by atoms with Gasteiger partial charge in [-0.2, -0.15) is 0 Å². The van der Waals surface area contributed by atoms with E-state index >= 15 is 0 Å². The van der Waals surface area contributed by atoms with E-state index in [1.165, 1.54) is 12.1 Å². The number of benzene rings is 1. The zero-order chi connectivity index (χ0) is 15.6. The summed E-state index contributed by atoms with van der Waals surface area (Å²) in [6.45, 7) is 2.35. The van der Waals surface area contributed by atoms with E-state index in [0.717, 1.165) is 11.5 Å². The first-order chi connectivity index (χ1) is 9.88. The highest BCUT2D eigenvalue weighted by Gasteiger charge is 2.22. The molecule has 1 atom stereocenters. The highest BCUT2D eigenvalue weighted by atomic mass is 16.3. The number of guanidine groups is 2. The van der Waals surface area contributed by atoms with Crippen molar-refractivity contribution >= 4 is 11.9 Å². The molecular weight excluding hydrogens is 270 g/mol. The number of hydrogen-bond donors (Lipinski definition) is 3. The minimum atomic E-state index is -0.137. The Balaban J connectivity index is 2.17. The molecule has 2 rings (SSSR count). The molecule has 1 heterocycles. The first-order valence-corrected chi connectivity index (χ1v) is 6.69. The maximum Gasteiger partial charge on any atom is 0.204 e.